The van der Waals surface area contributed by atoms with Crippen LogP contribution >= 0.6 is 36.2 Å². The molecule has 0 bridgehead atoms. The summed E-state index contributed by atoms with van der Waals surface area (Å²) in [6, 6.07) is 0.0560. The number of hydrogen-bond acceptors (Lipinski definition) is 8. The minimum absolute atomic E-state index is 0. The summed E-state index contributed by atoms with van der Waals surface area (Å²) in [6.45, 7) is 7.49. The average molecular weight is 437 g/mol. The number of rotatable bonds is 6. The first kappa shape index (κ1) is 23.8. The zero-order chi connectivity index (χ0) is 17.8. The Morgan fingerprint density at radius 1 is 1.30 bits per heavy atom. The molecular formula is C16H26Cl2N6O2S. The number of carbonyl (C=O) groups excluding carboxylic acids is 1. The minimum Gasteiger partial charge on any atom is -0.338 e. The van der Waals surface area contributed by atoms with E-state index in [-0.39, 0.29) is 36.8 Å². The topological polar surface area (TPSA) is 101 Å². The molecule has 0 radical (unpaired) electrons. The predicted octanol–water partition coefficient (Wildman–Crippen LogP) is 1.95. The van der Waals surface area contributed by atoms with E-state index >= 15 is 0 Å². The number of nitrogens with two attached hydrogens (primary N) is 1. The average Bonchev–Trinajstić information content (AvgIpc) is 3.30. The maximum absolute atomic E-state index is 12.6. The standard InChI is InChI=1S/C16H24N6O2S.2ClH/c1-3-13-19-15(24-20-13)11(2)21-6-8-22(9-7-21)16(23)12-10-25-14(18-12)4-5-17;;/h10-11H,3-9,17H2,1-2H3;2*1H. The fourth-order valence-corrected chi connectivity index (χ4v) is 3.65. The van der Waals surface area contributed by atoms with E-state index in [1.807, 2.05) is 17.2 Å². The Kier molecular flexibility index (Phi) is 9.61. The Hall–Kier alpha value is -1.26. The summed E-state index contributed by atoms with van der Waals surface area (Å²) in [5.41, 5.74) is 6.07. The zero-order valence-electron chi connectivity index (χ0n) is 15.5. The second kappa shape index (κ2) is 10.9. The van der Waals surface area contributed by atoms with Gasteiger partial charge < -0.3 is 15.2 Å². The van der Waals surface area contributed by atoms with Gasteiger partial charge in [-0.3, -0.25) is 9.69 Å². The lowest BCUT2D eigenvalue weighted by Crippen LogP contribution is -2.49. The number of halogens is 2. The number of nitrogens with zero attached hydrogens (tertiary/aromatic N) is 5. The molecule has 27 heavy (non-hydrogen) atoms. The van der Waals surface area contributed by atoms with Crippen molar-refractivity contribution in [3.05, 3.63) is 27.8 Å². The molecule has 0 spiro atoms. The Labute approximate surface area is 175 Å². The van der Waals surface area contributed by atoms with Gasteiger partial charge in [-0.05, 0) is 13.5 Å². The lowest BCUT2D eigenvalue weighted by atomic mass is 10.2. The third kappa shape index (κ3) is 5.61. The number of amides is 1. The van der Waals surface area contributed by atoms with Gasteiger partial charge in [0.2, 0.25) is 5.89 Å². The van der Waals surface area contributed by atoms with Crippen LogP contribution < -0.4 is 5.73 Å². The minimum atomic E-state index is -0.00196. The van der Waals surface area contributed by atoms with Gasteiger partial charge in [-0.1, -0.05) is 12.1 Å². The van der Waals surface area contributed by atoms with Crippen LogP contribution in [-0.2, 0) is 12.8 Å². The van der Waals surface area contributed by atoms with E-state index in [1.54, 1.807) is 0 Å². The van der Waals surface area contributed by atoms with E-state index in [1.165, 1.54) is 11.3 Å². The molecule has 152 valence electrons. The van der Waals surface area contributed by atoms with Crippen molar-refractivity contribution in [1.29, 1.82) is 0 Å². The third-order valence-corrected chi connectivity index (χ3v) is 5.34. The van der Waals surface area contributed by atoms with Crippen LogP contribution in [0.25, 0.3) is 0 Å². The van der Waals surface area contributed by atoms with Crippen molar-refractivity contribution in [3.8, 4) is 0 Å². The molecule has 8 nitrogen and oxygen atoms in total. The Morgan fingerprint density at radius 3 is 2.59 bits per heavy atom. The maximum Gasteiger partial charge on any atom is 0.273 e. The van der Waals surface area contributed by atoms with Crippen LogP contribution in [0.5, 0.6) is 0 Å². The normalized spacial score (nSPS) is 15.7. The summed E-state index contributed by atoms with van der Waals surface area (Å²) >= 11 is 1.50. The summed E-state index contributed by atoms with van der Waals surface area (Å²) in [7, 11) is 0. The SMILES string of the molecule is CCc1noc(C(C)N2CCN(C(=O)c3csc(CCN)n3)CC2)n1.Cl.Cl. The number of aromatic nitrogens is 3. The summed E-state index contributed by atoms with van der Waals surface area (Å²) in [6.07, 6.45) is 1.48. The van der Waals surface area contributed by atoms with Crippen molar-refractivity contribution in [1.82, 2.24) is 24.9 Å². The van der Waals surface area contributed by atoms with Crippen molar-refractivity contribution in [3.63, 3.8) is 0 Å². The summed E-state index contributed by atoms with van der Waals surface area (Å²) < 4.78 is 5.34. The molecule has 0 aromatic carbocycles. The Balaban J connectivity index is 0.00000182. The third-order valence-electron chi connectivity index (χ3n) is 4.44. The fourth-order valence-electron chi connectivity index (χ4n) is 2.86. The van der Waals surface area contributed by atoms with Gasteiger partial charge in [-0.2, -0.15) is 4.98 Å². The van der Waals surface area contributed by atoms with E-state index in [2.05, 4.69) is 26.9 Å². The first-order valence-electron chi connectivity index (χ1n) is 8.62. The Morgan fingerprint density at radius 2 is 2.00 bits per heavy atom. The van der Waals surface area contributed by atoms with Gasteiger partial charge in [0.15, 0.2) is 5.82 Å². The van der Waals surface area contributed by atoms with Gasteiger partial charge >= 0.3 is 0 Å². The van der Waals surface area contributed by atoms with E-state index in [4.69, 9.17) is 10.3 Å². The van der Waals surface area contributed by atoms with E-state index < -0.39 is 0 Å². The molecule has 1 atom stereocenters. The maximum atomic E-state index is 12.6. The molecule has 1 unspecified atom stereocenters. The lowest BCUT2D eigenvalue weighted by molar-refractivity contribution is 0.0547. The molecule has 2 N–H and O–H groups in total. The number of hydrogen-bond donors (Lipinski definition) is 1. The first-order chi connectivity index (χ1) is 12.1. The number of piperazine rings is 1. The van der Waals surface area contributed by atoms with Crippen molar-refractivity contribution in [2.45, 2.75) is 32.7 Å². The van der Waals surface area contributed by atoms with Gasteiger partial charge in [0, 0.05) is 44.4 Å². The van der Waals surface area contributed by atoms with Crippen molar-refractivity contribution < 1.29 is 9.32 Å². The van der Waals surface area contributed by atoms with Crippen molar-refractivity contribution in [2.24, 2.45) is 5.73 Å². The monoisotopic (exact) mass is 436 g/mol. The van der Waals surface area contributed by atoms with Gasteiger partial charge in [-0.25, -0.2) is 4.98 Å². The van der Waals surface area contributed by atoms with Crippen LogP contribution in [0.2, 0.25) is 0 Å². The second-order valence-corrected chi connectivity index (χ2v) is 7.01. The van der Waals surface area contributed by atoms with E-state index in [9.17, 15) is 4.79 Å². The highest BCUT2D eigenvalue weighted by Crippen LogP contribution is 2.21. The quantitative estimate of drug-likeness (QED) is 0.737. The van der Waals surface area contributed by atoms with Crippen LogP contribution in [0.1, 0.15) is 47.1 Å². The zero-order valence-corrected chi connectivity index (χ0v) is 17.9. The van der Waals surface area contributed by atoms with Crippen molar-refractivity contribution in [2.75, 3.05) is 32.7 Å². The Bertz CT molecular complexity index is 717. The molecule has 0 aliphatic carbocycles. The molecule has 0 saturated carbocycles. The molecule has 1 fully saturated rings. The van der Waals surface area contributed by atoms with Crippen molar-refractivity contribution >= 4 is 42.1 Å². The molecule has 2 aromatic rings. The summed E-state index contributed by atoms with van der Waals surface area (Å²) in [5, 5.41) is 6.70. The van der Waals surface area contributed by atoms with Gasteiger partial charge in [-0.15, -0.1) is 36.2 Å². The number of carbonyl (C=O) groups is 1. The molecule has 1 amide bonds. The summed E-state index contributed by atoms with van der Waals surface area (Å²) in [5.74, 6) is 1.37. The molecule has 3 rings (SSSR count). The van der Waals surface area contributed by atoms with Crippen LogP contribution in [0.15, 0.2) is 9.90 Å². The van der Waals surface area contributed by atoms with Gasteiger partial charge in [0.25, 0.3) is 5.91 Å². The number of thiazole rings is 1. The fraction of sp³-hybridized carbons (Fsp3) is 0.625. The van der Waals surface area contributed by atoms with E-state index in [0.29, 0.717) is 37.6 Å². The van der Waals surface area contributed by atoms with Crippen LogP contribution in [0.4, 0.5) is 0 Å². The smallest absolute Gasteiger partial charge is 0.273 e. The van der Waals surface area contributed by atoms with Crippen LogP contribution in [-0.4, -0.2) is 63.6 Å². The molecule has 11 heteroatoms. The second-order valence-electron chi connectivity index (χ2n) is 6.07. The highest BCUT2D eigenvalue weighted by Gasteiger charge is 2.28. The van der Waals surface area contributed by atoms with Crippen LogP contribution in [0.3, 0.4) is 0 Å². The molecule has 3 heterocycles. The molecular weight excluding hydrogens is 411 g/mol. The molecule has 1 aliphatic rings. The van der Waals surface area contributed by atoms with E-state index in [0.717, 1.165) is 30.3 Å². The van der Waals surface area contributed by atoms with Gasteiger partial charge in [0.05, 0.1) is 11.0 Å². The predicted molar refractivity (Wildman–Crippen MR) is 109 cm³/mol. The largest absolute Gasteiger partial charge is 0.338 e. The first-order valence-corrected chi connectivity index (χ1v) is 9.50. The molecule has 1 saturated heterocycles. The highest BCUT2D eigenvalue weighted by atomic mass is 35.5. The highest BCUT2D eigenvalue weighted by molar-refractivity contribution is 7.09. The molecule has 1 aliphatic heterocycles. The van der Waals surface area contributed by atoms with Crippen LogP contribution in [0, 0.1) is 0 Å². The molecule has 2 aromatic heterocycles. The van der Waals surface area contributed by atoms with Gasteiger partial charge in [0.1, 0.15) is 5.69 Å². The number of aryl methyl sites for hydroxylation is 1. The summed E-state index contributed by atoms with van der Waals surface area (Å²) in [4.78, 5) is 25.5. The lowest BCUT2D eigenvalue weighted by Gasteiger charge is -2.36.